The summed E-state index contributed by atoms with van der Waals surface area (Å²) in [6.45, 7) is 10.4. The third-order valence-corrected chi connectivity index (χ3v) is 15.3. The van der Waals surface area contributed by atoms with Gasteiger partial charge in [0, 0.05) is 67.6 Å². The summed E-state index contributed by atoms with van der Waals surface area (Å²) in [6, 6.07) is 82.8. The summed E-state index contributed by atoms with van der Waals surface area (Å²) in [5.41, 5.74) is 36.0. The molecule has 17 heteroatoms. The van der Waals surface area contributed by atoms with Gasteiger partial charge in [-0.1, -0.05) is 216 Å². The molecule has 10 aromatic carbocycles. The lowest BCUT2D eigenvalue weighted by Crippen LogP contribution is -1.97. The Hall–Kier alpha value is -11.8. The molecule has 0 amide bonds. The van der Waals surface area contributed by atoms with Gasteiger partial charge < -0.3 is 16.2 Å². The number of hydrogen-bond donors (Lipinski definition) is 2. The van der Waals surface area contributed by atoms with Crippen molar-refractivity contribution in [1.82, 2.24) is 39.9 Å². The van der Waals surface area contributed by atoms with Gasteiger partial charge in [0.15, 0.2) is 14.1 Å². The third kappa shape index (κ3) is 18.1. The predicted molar refractivity (Wildman–Crippen MR) is 394 cm³/mol. The molecule has 0 aliphatic carbocycles. The van der Waals surface area contributed by atoms with Gasteiger partial charge in [0.1, 0.15) is 0 Å². The first-order chi connectivity index (χ1) is 47.2. The van der Waals surface area contributed by atoms with Crippen molar-refractivity contribution < 1.29 is 14.6 Å². The van der Waals surface area contributed by atoms with Gasteiger partial charge in [-0.05, 0) is 103 Å². The number of ether oxygens (including phenoxy) is 1. The van der Waals surface area contributed by atoms with Crippen LogP contribution in [-0.2, 0) is 4.74 Å². The minimum atomic E-state index is -0.500. The minimum absolute atomic E-state index is 0.500. The molecular weight excluding hydrogens is 1210 g/mol. The maximum Gasteiger partial charge on any atom is 0.194 e. The van der Waals surface area contributed by atoms with E-state index >= 15 is 0 Å². The molecule has 1 aliphatic rings. The molecule has 0 unspecified atom stereocenters. The predicted octanol–water partition coefficient (Wildman–Crippen LogP) is 17.4. The Morgan fingerprint density at radius 2 is 0.392 bits per heavy atom. The molecule has 486 valence electrons. The monoisotopic (exact) mass is 1280 g/mol. The van der Waals surface area contributed by atoms with Gasteiger partial charge in [-0.3, -0.25) is 20.2 Å². The zero-order valence-electron chi connectivity index (χ0n) is 55.6. The molecule has 0 radical (unpaired) electrons. The second-order valence-electron chi connectivity index (χ2n) is 22.5. The van der Waals surface area contributed by atoms with E-state index in [0.29, 0.717) is 0 Å². The van der Waals surface area contributed by atoms with E-state index in [0.717, 1.165) is 162 Å². The Labute approximate surface area is 564 Å². The van der Waals surface area contributed by atoms with Crippen molar-refractivity contribution in [3.63, 3.8) is 0 Å². The molecule has 97 heavy (non-hydrogen) atoms. The van der Waals surface area contributed by atoms with Crippen molar-refractivity contribution in [3.8, 4) is 90.1 Å². The van der Waals surface area contributed by atoms with E-state index in [9.17, 15) is 0 Å². The van der Waals surface area contributed by atoms with Crippen LogP contribution in [0.2, 0.25) is 0 Å². The number of nitro groups is 2. The molecule has 14 aromatic rings. The van der Waals surface area contributed by atoms with Gasteiger partial charge in [0.05, 0.1) is 89.7 Å². The van der Waals surface area contributed by atoms with E-state index in [2.05, 4.69) is 185 Å². The fourth-order valence-electron chi connectivity index (χ4n) is 10.5. The van der Waals surface area contributed by atoms with E-state index in [4.69, 9.17) is 64.8 Å². The van der Waals surface area contributed by atoms with Crippen molar-refractivity contribution >= 4 is 44.1 Å². The zero-order chi connectivity index (χ0) is 68.8. The average Bonchev–Trinajstić information content (AvgIpc) is 1.01. The Morgan fingerprint density at radius 1 is 0.268 bits per heavy atom. The highest BCUT2D eigenvalue weighted by atomic mass is 16.6. The Balaban J connectivity index is 0.000000184. The molecule has 4 aromatic heterocycles. The molecule has 0 atom stereocenters. The van der Waals surface area contributed by atoms with Crippen LogP contribution in [0.1, 0.15) is 35.1 Å². The first-order valence-electron chi connectivity index (χ1n) is 31.7. The van der Waals surface area contributed by atoms with Gasteiger partial charge in [0.2, 0.25) is 0 Å². The number of benzene rings is 10. The van der Waals surface area contributed by atoms with Crippen LogP contribution in [0.3, 0.4) is 0 Å². The Morgan fingerprint density at radius 3 is 0.505 bits per heavy atom. The normalized spacial score (nSPS) is 11.2. The fraction of sp³-hybridized carbons (Fsp3) is 0.150. The standard InChI is InChI=1S/2C36H26N4.C4H8O.2CH3NO2.2CH5N/c2*1-23-11-15-25(16-12-23)33-35(39-31-9-5-3-7-29(31)37-33)27-19-21-28(22-20-27)36-34(26-17-13-24(2)14-18-26)38-30-8-4-6-10-32(30)40-36;1-2-4-5-3-1;2*1-2(3)4;2*1-2/h2*3-22H,1-2H3;1-4H2;2*1H3;2*2H2,1H3. The molecule has 17 nitrogen and oxygen atoms in total. The van der Waals surface area contributed by atoms with Gasteiger partial charge in [-0.15, -0.1) is 0 Å². The number of fused-ring (bicyclic) bond motifs is 4. The topological polar surface area (TPSA) is 251 Å². The highest BCUT2D eigenvalue weighted by molar-refractivity contribution is 5.92. The number of aryl methyl sites for hydroxylation is 4. The van der Waals surface area contributed by atoms with Crippen LogP contribution < -0.4 is 11.5 Å². The van der Waals surface area contributed by atoms with Crippen molar-refractivity contribution in [2.24, 2.45) is 11.5 Å². The number of para-hydroxylation sites is 8. The summed E-state index contributed by atoms with van der Waals surface area (Å²) in [5.74, 6) is 0. The maximum absolute atomic E-state index is 8.81. The zero-order valence-corrected chi connectivity index (χ0v) is 55.6. The molecule has 1 fully saturated rings. The molecule has 5 heterocycles. The quantitative estimate of drug-likeness (QED) is 0.106. The number of hydrogen-bond acceptors (Lipinski definition) is 15. The van der Waals surface area contributed by atoms with Crippen LogP contribution in [0.15, 0.2) is 243 Å². The Bertz CT molecular complexity index is 4320. The van der Waals surface area contributed by atoms with E-state index in [1.54, 1.807) is 0 Å². The largest absolute Gasteiger partial charge is 0.381 e. The van der Waals surface area contributed by atoms with Crippen LogP contribution in [0.5, 0.6) is 0 Å². The summed E-state index contributed by atoms with van der Waals surface area (Å²) in [5, 5.41) is 17.6. The molecule has 0 spiro atoms. The highest BCUT2D eigenvalue weighted by Crippen LogP contribution is 2.38. The molecular formula is C80H76N12O5. The van der Waals surface area contributed by atoms with Gasteiger partial charge in [-0.2, -0.15) is 0 Å². The van der Waals surface area contributed by atoms with Crippen LogP contribution in [-0.4, -0.2) is 91.1 Å². The Kier molecular flexibility index (Phi) is 24.3. The minimum Gasteiger partial charge on any atom is -0.381 e. The second-order valence-corrected chi connectivity index (χ2v) is 22.5. The van der Waals surface area contributed by atoms with Gasteiger partial charge >= 0.3 is 0 Å². The lowest BCUT2D eigenvalue weighted by molar-refractivity contribution is -0.445. The fourth-order valence-corrected chi connectivity index (χ4v) is 10.5. The van der Waals surface area contributed by atoms with Gasteiger partial charge in [-0.25, -0.2) is 39.9 Å². The first-order valence-corrected chi connectivity index (χ1v) is 31.7. The van der Waals surface area contributed by atoms with Crippen molar-refractivity contribution in [2.45, 2.75) is 40.5 Å². The van der Waals surface area contributed by atoms with E-state index in [-0.39, 0.29) is 0 Å². The van der Waals surface area contributed by atoms with E-state index < -0.39 is 9.85 Å². The SMILES string of the molecule is C1CCOC1.CN.CN.C[N+](=O)[O-].C[N+](=O)[O-].Cc1ccc(-c2nc3ccccc3nc2-c2ccc(-c3nc4ccccc4nc3-c3ccc(C)cc3)cc2)cc1.Cc1ccc(-c2nc3ccccc3nc2-c2ccc(-c3nc4ccccc4nc3-c3ccc(C)cc3)cc2)cc1. The lowest BCUT2D eigenvalue weighted by Gasteiger charge is -2.13. The summed E-state index contributed by atoms with van der Waals surface area (Å²) in [7, 11) is 4.78. The molecule has 0 bridgehead atoms. The number of rotatable bonds is 8. The summed E-state index contributed by atoms with van der Waals surface area (Å²) in [4.78, 5) is 57.1. The van der Waals surface area contributed by atoms with Crippen LogP contribution >= 0.6 is 0 Å². The first kappa shape index (κ1) is 69.6. The van der Waals surface area contributed by atoms with Crippen molar-refractivity contribution in [3.05, 3.63) is 285 Å². The van der Waals surface area contributed by atoms with Crippen LogP contribution in [0, 0.1) is 47.9 Å². The maximum atomic E-state index is 8.81. The van der Waals surface area contributed by atoms with Crippen molar-refractivity contribution in [2.75, 3.05) is 41.4 Å². The number of aromatic nitrogens is 8. The van der Waals surface area contributed by atoms with E-state index in [1.165, 1.54) is 49.2 Å². The summed E-state index contributed by atoms with van der Waals surface area (Å²) >= 11 is 0. The van der Waals surface area contributed by atoms with Crippen LogP contribution in [0.4, 0.5) is 0 Å². The average molecular weight is 1290 g/mol. The molecule has 0 saturated carbocycles. The summed E-state index contributed by atoms with van der Waals surface area (Å²) in [6.07, 6.45) is 2.56. The third-order valence-electron chi connectivity index (χ3n) is 15.3. The van der Waals surface area contributed by atoms with Crippen molar-refractivity contribution in [1.29, 1.82) is 0 Å². The number of nitrogens with zero attached hydrogens (tertiary/aromatic N) is 10. The molecule has 1 aliphatic heterocycles. The molecule has 15 rings (SSSR count). The highest BCUT2D eigenvalue weighted by Gasteiger charge is 2.19. The smallest absolute Gasteiger partial charge is 0.194 e. The molecule has 4 N–H and O–H groups in total. The lowest BCUT2D eigenvalue weighted by atomic mass is 9.99. The molecule has 1 saturated heterocycles. The number of nitrogens with two attached hydrogens (primary N) is 2. The second kappa shape index (κ2) is 33.9. The van der Waals surface area contributed by atoms with Gasteiger partial charge in [0.25, 0.3) is 0 Å². The van der Waals surface area contributed by atoms with E-state index in [1.807, 2.05) is 97.1 Å². The summed E-state index contributed by atoms with van der Waals surface area (Å²) < 4.78 is 4.94. The van der Waals surface area contributed by atoms with Crippen LogP contribution in [0.25, 0.3) is 134 Å².